The van der Waals surface area contributed by atoms with E-state index >= 15 is 0 Å². The highest BCUT2D eigenvalue weighted by Crippen LogP contribution is 2.19. The van der Waals surface area contributed by atoms with Crippen molar-refractivity contribution in [3.8, 4) is 11.6 Å². The number of rotatable bonds is 3. The number of nitrogens with zero attached hydrogens (tertiary/aromatic N) is 4. The normalized spacial score (nSPS) is 10.5. The number of hydrogen-bond acceptors (Lipinski definition) is 6. The first-order chi connectivity index (χ1) is 9.04. The Labute approximate surface area is 110 Å². The average molecular weight is 261 g/mol. The van der Waals surface area contributed by atoms with Gasteiger partial charge in [0.1, 0.15) is 11.4 Å². The van der Waals surface area contributed by atoms with Crippen LogP contribution in [-0.4, -0.2) is 32.1 Å². The van der Waals surface area contributed by atoms with Crippen molar-refractivity contribution in [1.82, 2.24) is 19.5 Å². The second-order valence-corrected chi connectivity index (χ2v) is 3.98. The van der Waals surface area contributed by atoms with Crippen LogP contribution in [0.2, 0.25) is 0 Å². The van der Waals surface area contributed by atoms with Gasteiger partial charge in [0.25, 0.3) is 0 Å². The van der Waals surface area contributed by atoms with Crippen LogP contribution in [0, 0.1) is 6.92 Å². The monoisotopic (exact) mass is 261 g/mol. The van der Waals surface area contributed by atoms with Crippen LogP contribution >= 0.6 is 0 Å². The number of aryl methyl sites for hydroxylation is 2. The maximum atomic E-state index is 11.7. The number of esters is 1. The quantitative estimate of drug-likeness (QED) is 0.826. The maximum Gasteiger partial charge on any atom is 0.343 e. The molecule has 7 heteroatoms. The minimum atomic E-state index is -0.510. The Kier molecular flexibility index (Phi) is 3.46. The summed E-state index contributed by atoms with van der Waals surface area (Å²) in [5.41, 5.74) is 6.50. The van der Waals surface area contributed by atoms with E-state index in [-0.39, 0.29) is 18.0 Å². The van der Waals surface area contributed by atoms with Gasteiger partial charge in [-0.05, 0) is 13.8 Å². The molecule has 0 aliphatic rings. The molecule has 19 heavy (non-hydrogen) atoms. The zero-order chi connectivity index (χ0) is 14.0. The summed E-state index contributed by atoms with van der Waals surface area (Å²) in [6, 6.07) is 0. The second-order valence-electron chi connectivity index (χ2n) is 3.98. The zero-order valence-electron chi connectivity index (χ0n) is 11.0. The SMILES string of the molecule is CCOC(=O)c1c(C)nc(-c2nccn2C)nc1N. The second kappa shape index (κ2) is 5.05. The molecule has 0 radical (unpaired) electrons. The molecule has 0 aliphatic carbocycles. The van der Waals surface area contributed by atoms with Crippen LogP contribution < -0.4 is 5.73 Å². The van der Waals surface area contributed by atoms with E-state index < -0.39 is 5.97 Å². The Morgan fingerprint density at radius 1 is 1.47 bits per heavy atom. The largest absolute Gasteiger partial charge is 0.462 e. The fraction of sp³-hybridized carbons (Fsp3) is 0.333. The van der Waals surface area contributed by atoms with Crippen molar-refractivity contribution < 1.29 is 9.53 Å². The molecule has 2 N–H and O–H groups in total. The highest BCUT2D eigenvalue weighted by Gasteiger charge is 2.19. The van der Waals surface area contributed by atoms with Crippen molar-refractivity contribution >= 4 is 11.8 Å². The van der Waals surface area contributed by atoms with Crippen molar-refractivity contribution in [2.24, 2.45) is 7.05 Å². The van der Waals surface area contributed by atoms with E-state index in [1.165, 1.54) is 0 Å². The summed E-state index contributed by atoms with van der Waals surface area (Å²) in [6.45, 7) is 3.70. The summed E-state index contributed by atoms with van der Waals surface area (Å²) in [4.78, 5) is 24.3. The minimum Gasteiger partial charge on any atom is -0.462 e. The summed E-state index contributed by atoms with van der Waals surface area (Å²) in [5, 5.41) is 0. The van der Waals surface area contributed by atoms with Gasteiger partial charge in [-0.15, -0.1) is 0 Å². The molecule has 0 amide bonds. The zero-order valence-corrected chi connectivity index (χ0v) is 11.0. The first-order valence-corrected chi connectivity index (χ1v) is 5.83. The molecule has 0 bridgehead atoms. The summed E-state index contributed by atoms with van der Waals surface area (Å²) < 4.78 is 6.70. The number of carbonyl (C=O) groups excluding carboxylic acids is 1. The molecule has 100 valence electrons. The fourth-order valence-corrected chi connectivity index (χ4v) is 1.73. The molecule has 0 fully saturated rings. The Morgan fingerprint density at radius 3 is 2.74 bits per heavy atom. The molecule has 2 heterocycles. The van der Waals surface area contributed by atoms with E-state index in [4.69, 9.17) is 10.5 Å². The molecule has 0 saturated carbocycles. The van der Waals surface area contributed by atoms with Crippen LogP contribution in [0.3, 0.4) is 0 Å². The Hall–Kier alpha value is -2.44. The molecular formula is C12H15N5O2. The van der Waals surface area contributed by atoms with Crippen molar-refractivity contribution in [3.63, 3.8) is 0 Å². The molecule has 0 saturated heterocycles. The van der Waals surface area contributed by atoms with Gasteiger partial charge in [-0.25, -0.2) is 19.7 Å². The number of ether oxygens (including phenoxy) is 1. The molecule has 2 rings (SSSR count). The molecule has 0 spiro atoms. The topological polar surface area (TPSA) is 95.9 Å². The van der Waals surface area contributed by atoms with Crippen LogP contribution in [0.25, 0.3) is 11.6 Å². The van der Waals surface area contributed by atoms with Crippen LogP contribution in [0.4, 0.5) is 5.82 Å². The maximum absolute atomic E-state index is 11.7. The fourth-order valence-electron chi connectivity index (χ4n) is 1.73. The lowest BCUT2D eigenvalue weighted by Crippen LogP contribution is -2.14. The predicted molar refractivity (Wildman–Crippen MR) is 69.3 cm³/mol. The number of carbonyl (C=O) groups is 1. The smallest absolute Gasteiger partial charge is 0.343 e. The van der Waals surface area contributed by atoms with Gasteiger partial charge in [-0.1, -0.05) is 0 Å². The Bertz CT molecular complexity index is 597. The Morgan fingerprint density at radius 2 is 2.21 bits per heavy atom. The third kappa shape index (κ3) is 2.40. The average Bonchev–Trinajstić information content (AvgIpc) is 2.74. The number of imidazole rings is 1. The number of hydrogen-bond donors (Lipinski definition) is 1. The summed E-state index contributed by atoms with van der Waals surface area (Å²) >= 11 is 0. The van der Waals surface area contributed by atoms with Gasteiger partial charge in [0.15, 0.2) is 11.6 Å². The highest BCUT2D eigenvalue weighted by atomic mass is 16.5. The molecule has 0 unspecified atom stereocenters. The lowest BCUT2D eigenvalue weighted by molar-refractivity contribution is 0.0526. The third-order valence-electron chi connectivity index (χ3n) is 2.62. The molecule has 0 aromatic carbocycles. The lowest BCUT2D eigenvalue weighted by atomic mass is 10.2. The van der Waals surface area contributed by atoms with E-state index in [9.17, 15) is 4.79 Å². The third-order valence-corrected chi connectivity index (χ3v) is 2.62. The number of nitrogens with two attached hydrogens (primary N) is 1. The van der Waals surface area contributed by atoms with Gasteiger partial charge in [-0.2, -0.15) is 0 Å². The highest BCUT2D eigenvalue weighted by molar-refractivity contribution is 5.95. The predicted octanol–water partition coefficient (Wildman–Crippen LogP) is 0.944. The van der Waals surface area contributed by atoms with Crippen LogP contribution in [0.15, 0.2) is 12.4 Å². The van der Waals surface area contributed by atoms with Crippen LogP contribution in [0.1, 0.15) is 23.0 Å². The van der Waals surface area contributed by atoms with Crippen molar-refractivity contribution in [3.05, 3.63) is 23.7 Å². The van der Waals surface area contributed by atoms with Crippen molar-refractivity contribution in [2.45, 2.75) is 13.8 Å². The first kappa shape index (κ1) is 13.0. The Balaban J connectivity index is 2.48. The molecule has 0 aliphatic heterocycles. The van der Waals surface area contributed by atoms with Gasteiger partial charge in [-0.3, -0.25) is 0 Å². The van der Waals surface area contributed by atoms with Crippen molar-refractivity contribution in [1.29, 1.82) is 0 Å². The first-order valence-electron chi connectivity index (χ1n) is 5.83. The van der Waals surface area contributed by atoms with Gasteiger partial charge in [0, 0.05) is 19.4 Å². The van der Waals surface area contributed by atoms with E-state index in [0.29, 0.717) is 17.3 Å². The van der Waals surface area contributed by atoms with E-state index in [0.717, 1.165) is 0 Å². The molecule has 0 atom stereocenters. The van der Waals surface area contributed by atoms with Gasteiger partial charge < -0.3 is 15.0 Å². The number of anilines is 1. The molecule has 2 aromatic heterocycles. The molecular weight excluding hydrogens is 246 g/mol. The summed E-state index contributed by atoms with van der Waals surface area (Å²) in [5.74, 6) is 0.564. The molecule has 2 aromatic rings. The standard InChI is InChI=1S/C12H15N5O2/c1-4-19-12(18)8-7(2)15-10(16-9(8)13)11-14-5-6-17(11)3/h5-6H,4H2,1-3H3,(H2,13,15,16). The minimum absolute atomic E-state index is 0.101. The summed E-state index contributed by atoms with van der Waals surface area (Å²) in [6.07, 6.45) is 3.42. The number of aromatic nitrogens is 4. The van der Waals surface area contributed by atoms with Gasteiger partial charge >= 0.3 is 5.97 Å². The van der Waals surface area contributed by atoms with E-state index in [1.807, 2.05) is 7.05 Å². The lowest BCUT2D eigenvalue weighted by Gasteiger charge is -2.09. The van der Waals surface area contributed by atoms with Gasteiger partial charge in [0.05, 0.1) is 12.3 Å². The molecule has 7 nitrogen and oxygen atoms in total. The van der Waals surface area contributed by atoms with E-state index in [1.54, 1.807) is 30.8 Å². The van der Waals surface area contributed by atoms with Crippen molar-refractivity contribution in [2.75, 3.05) is 12.3 Å². The van der Waals surface area contributed by atoms with E-state index in [2.05, 4.69) is 15.0 Å². The summed E-state index contributed by atoms with van der Waals surface area (Å²) in [7, 11) is 1.83. The van der Waals surface area contributed by atoms with Crippen LogP contribution in [0.5, 0.6) is 0 Å². The number of nitrogen functional groups attached to an aromatic ring is 1. The van der Waals surface area contributed by atoms with Gasteiger partial charge in [0.2, 0.25) is 0 Å². The van der Waals surface area contributed by atoms with Crippen LogP contribution in [-0.2, 0) is 11.8 Å².